The quantitative estimate of drug-likeness (QED) is 0.725. The summed E-state index contributed by atoms with van der Waals surface area (Å²) in [6.07, 6.45) is 0. The number of nitrogens with one attached hydrogen (secondary N) is 2. The number of phenolic OH excluding ortho intramolecular Hbond substituents is 1. The lowest BCUT2D eigenvalue weighted by molar-refractivity contribution is -0.128. The zero-order chi connectivity index (χ0) is 14.5. The van der Waals surface area contributed by atoms with Gasteiger partial charge in [0, 0.05) is 25.7 Å². The molecule has 106 valence electrons. The van der Waals surface area contributed by atoms with E-state index >= 15 is 0 Å². The molecule has 0 aliphatic carbocycles. The van der Waals surface area contributed by atoms with Crippen LogP contribution >= 0.6 is 0 Å². The topological polar surface area (TPSA) is 70.6 Å². The van der Waals surface area contributed by atoms with Gasteiger partial charge in [0.2, 0.25) is 5.91 Å². The molecule has 0 atom stereocenters. The highest BCUT2D eigenvalue weighted by atomic mass is 16.5. The van der Waals surface area contributed by atoms with E-state index in [0.717, 1.165) is 5.56 Å². The van der Waals surface area contributed by atoms with Crippen molar-refractivity contribution in [2.75, 3.05) is 20.7 Å². The number of aromatic hydroxyl groups is 1. The normalized spacial score (nSPS) is 11.2. The van der Waals surface area contributed by atoms with Crippen LogP contribution in [0.5, 0.6) is 11.5 Å². The molecule has 0 fully saturated rings. The van der Waals surface area contributed by atoms with Gasteiger partial charge in [0.15, 0.2) is 11.5 Å². The molecule has 1 rings (SSSR count). The summed E-state index contributed by atoms with van der Waals surface area (Å²) in [7, 11) is 3.14. The Morgan fingerprint density at radius 3 is 2.68 bits per heavy atom. The van der Waals surface area contributed by atoms with Crippen molar-refractivity contribution in [1.29, 1.82) is 0 Å². The number of ether oxygens (including phenoxy) is 1. The highest BCUT2D eigenvalue weighted by molar-refractivity contribution is 5.81. The van der Waals surface area contributed by atoms with E-state index in [0.29, 0.717) is 18.8 Å². The maximum absolute atomic E-state index is 11.6. The molecule has 1 aromatic carbocycles. The maximum atomic E-state index is 11.6. The predicted octanol–water partition coefficient (Wildman–Crippen LogP) is 1.26. The van der Waals surface area contributed by atoms with Crippen molar-refractivity contribution >= 4 is 5.91 Å². The second-order valence-electron chi connectivity index (χ2n) is 5.03. The Bertz CT molecular complexity index is 444. The van der Waals surface area contributed by atoms with Crippen molar-refractivity contribution in [3.63, 3.8) is 0 Å². The van der Waals surface area contributed by atoms with Crippen LogP contribution in [0.3, 0.4) is 0 Å². The van der Waals surface area contributed by atoms with E-state index in [9.17, 15) is 9.90 Å². The van der Waals surface area contributed by atoms with E-state index < -0.39 is 5.41 Å². The monoisotopic (exact) mass is 266 g/mol. The number of methoxy groups -OCH3 is 1. The number of benzene rings is 1. The zero-order valence-corrected chi connectivity index (χ0v) is 11.9. The van der Waals surface area contributed by atoms with Crippen LogP contribution in [0.4, 0.5) is 0 Å². The Hall–Kier alpha value is -1.75. The van der Waals surface area contributed by atoms with E-state index in [2.05, 4.69) is 10.6 Å². The molecular weight excluding hydrogens is 244 g/mol. The van der Waals surface area contributed by atoms with Gasteiger partial charge in [0.05, 0.1) is 12.5 Å². The predicted molar refractivity (Wildman–Crippen MR) is 74.2 cm³/mol. The van der Waals surface area contributed by atoms with E-state index in [-0.39, 0.29) is 11.7 Å². The zero-order valence-electron chi connectivity index (χ0n) is 11.9. The van der Waals surface area contributed by atoms with Crippen LogP contribution in [0.25, 0.3) is 0 Å². The van der Waals surface area contributed by atoms with Gasteiger partial charge >= 0.3 is 0 Å². The highest BCUT2D eigenvalue weighted by Gasteiger charge is 2.25. The van der Waals surface area contributed by atoms with Crippen LogP contribution in [0.1, 0.15) is 19.4 Å². The van der Waals surface area contributed by atoms with Crippen LogP contribution in [-0.4, -0.2) is 31.7 Å². The molecule has 1 amide bonds. The summed E-state index contributed by atoms with van der Waals surface area (Å²) in [5.41, 5.74) is 0.246. The average molecular weight is 266 g/mol. The summed E-state index contributed by atoms with van der Waals surface area (Å²) in [6.45, 7) is 4.72. The van der Waals surface area contributed by atoms with Gasteiger partial charge in [-0.3, -0.25) is 4.79 Å². The van der Waals surface area contributed by atoms with Gasteiger partial charge in [0.25, 0.3) is 0 Å². The van der Waals surface area contributed by atoms with Crippen molar-refractivity contribution in [1.82, 2.24) is 10.6 Å². The Labute approximate surface area is 114 Å². The standard InChI is InChI=1S/C14H22N2O3/c1-14(2,13(18)15-3)9-16-8-10-6-5-7-11(19-4)12(10)17/h5-7,16-17H,8-9H2,1-4H3,(H,15,18). The molecule has 0 radical (unpaired) electrons. The smallest absolute Gasteiger partial charge is 0.226 e. The molecule has 5 heteroatoms. The van der Waals surface area contributed by atoms with Crippen LogP contribution < -0.4 is 15.4 Å². The van der Waals surface area contributed by atoms with Crippen molar-refractivity contribution in [2.45, 2.75) is 20.4 Å². The summed E-state index contributed by atoms with van der Waals surface area (Å²) in [4.78, 5) is 11.6. The number of amides is 1. The molecule has 3 N–H and O–H groups in total. The maximum Gasteiger partial charge on any atom is 0.226 e. The lowest BCUT2D eigenvalue weighted by Crippen LogP contribution is -2.41. The van der Waals surface area contributed by atoms with Gasteiger partial charge in [-0.2, -0.15) is 0 Å². The highest BCUT2D eigenvalue weighted by Crippen LogP contribution is 2.29. The van der Waals surface area contributed by atoms with Gasteiger partial charge in [-0.05, 0) is 19.9 Å². The molecule has 5 nitrogen and oxygen atoms in total. The number of phenols is 1. The third kappa shape index (κ3) is 3.86. The molecule has 1 aromatic rings. The molecule has 0 saturated carbocycles. The summed E-state index contributed by atoms with van der Waals surface area (Å²) in [5, 5.41) is 15.7. The van der Waals surface area contributed by atoms with Gasteiger partial charge in [0.1, 0.15) is 0 Å². The third-order valence-corrected chi connectivity index (χ3v) is 3.03. The van der Waals surface area contributed by atoms with Crippen molar-refractivity contribution < 1.29 is 14.6 Å². The first-order valence-corrected chi connectivity index (χ1v) is 6.20. The summed E-state index contributed by atoms with van der Waals surface area (Å²) in [5.74, 6) is 0.565. The second-order valence-corrected chi connectivity index (χ2v) is 5.03. The molecule has 19 heavy (non-hydrogen) atoms. The van der Waals surface area contributed by atoms with Crippen LogP contribution in [0.15, 0.2) is 18.2 Å². The van der Waals surface area contributed by atoms with Crippen molar-refractivity contribution in [3.8, 4) is 11.5 Å². The van der Waals surface area contributed by atoms with Gasteiger partial charge < -0.3 is 20.5 Å². The molecular formula is C14H22N2O3. The van der Waals surface area contributed by atoms with Gasteiger partial charge in [-0.1, -0.05) is 12.1 Å². The van der Waals surface area contributed by atoms with Crippen LogP contribution in [0.2, 0.25) is 0 Å². The summed E-state index contributed by atoms with van der Waals surface area (Å²) >= 11 is 0. The van der Waals surface area contributed by atoms with E-state index in [4.69, 9.17) is 4.74 Å². The number of hydrogen-bond acceptors (Lipinski definition) is 4. The average Bonchev–Trinajstić information content (AvgIpc) is 2.39. The summed E-state index contributed by atoms with van der Waals surface area (Å²) in [6, 6.07) is 5.34. The molecule has 0 aliphatic heterocycles. The van der Waals surface area contributed by atoms with E-state index in [1.54, 1.807) is 13.1 Å². The molecule has 0 aliphatic rings. The Morgan fingerprint density at radius 2 is 2.11 bits per heavy atom. The third-order valence-electron chi connectivity index (χ3n) is 3.03. The van der Waals surface area contributed by atoms with Gasteiger partial charge in [-0.15, -0.1) is 0 Å². The molecule has 0 bridgehead atoms. The number of hydrogen-bond donors (Lipinski definition) is 3. The molecule has 0 saturated heterocycles. The minimum Gasteiger partial charge on any atom is -0.504 e. The molecule has 0 aromatic heterocycles. The largest absolute Gasteiger partial charge is 0.504 e. The number of rotatable bonds is 6. The first-order valence-electron chi connectivity index (χ1n) is 6.20. The Morgan fingerprint density at radius 1 is 1.42 bits per heavy atom. The second kappa shape index (κ2) is 6.43. The first kappa shape index (κ1) is 15.3. The molecule has 0 heterocycles. The SMILES string of the molecule is CNC(=O)C(C)(C)CNCc1cccc(OC)c1O. The van der Waals surface area contributed by atoms with Gasteiger partial charge in [-0.25, -0.2) is 0 Å². The Balaban J connectivity index is 2.61. The van der Waals surface area contributed by atoms with Crippen molar-refractivity contribution in [3.05, 3.63) is 23.8 Å². The van der Waals surface area contributed by atoms with E-state index in [1.165, 1.54) is 7.11 Å². The Kier molecular flexibility index (Phi) is 5.18. The minimum absolute atomic E-state index is 0.0186. The fourth-order valence-electron chi connectivity index (χ4n) is 1.80. The number of carbonyl (C=O) groups excluding carboxylic acids is 1. The van der Waals surface area contributed by atoms with Crippen molar-refractivity contribution in [2.24, 2.45) is 5.41 Å². The van der Waals surface area contributed by atoms with Crippen LogP contribution in [0, 0.1) is 5.41 Å². The number of carbonyl (C=O) groups is 1. The lowest BCUT2D eigenvalue weighted by Gasteiger charge is -2.23. The van der Waals surface area contributed by atoms with E-state index in [1.807, 2.05) is 26.0 Å². The minimum atomic E-state index is -0.497. The van der Waals surface area contributed by atoms with Crippen LogP contribution in [-0.2, 0) is 11.3 Å². The lowest BCUT2D eigenvalue weighted by atomic mass is 9.92. The first-order chi connectivity index (χ1) is 8.92. The number of para-hydroxylation sites is 1. The fraction of sp³-hybridized carbons (Fsp3) is 0.500. The fourth-order valence-corrected chi connectivity index (χ4v) is 1.80. The molecule has 0 unspecified atom stereocenters. The molecule has 0 spiro atoms. The summed E-state index contributed by atoms with van der Waals surface area (Å²) < 4.78 is 5.05.